The molecular weight excluding hydrogens is 327 g/mol. The number of hydrogen-bond acceptors (Lipinski definition) is 2. The third-order valence-electron chi connectivity index (χ3n) is 3.83. The summed E-state index contributed by atoms with van der Waals surface area (Å²) in [6, 6.07) is 6.54. The SMILES string of the molecule is CC(C)c1cccc(C(C)C)c1N=C([Se])N1CCOCC1. The van der Waals surface area contributed by atoms with Crippen LogP contribution in [-0.2, 0) is 4.74 Å². The number of rotatable bonds is 3. The van der Waals surface area contributed by atoms with Crippen LogP contribution in [0, 0.1) is 0 Å². The van der Waals surface area contributed by atoms with Crippen molar-refractivity contribution in [3.63, 3.8) is 0 Å². The molecule has 0 amide bonds. The molecule has 0 atom stereocenters. The summed E-state index contributed by atoms with van der Waals surface area (Å²) >= 11 is 3.15. The van der Waals surface area contributed by atoms with Gasteiger partial charge in [0.15, 0.2) is 0 Å². The summed E-state index contributed by atoms with van der Waals surface area (Å²) in [5.41, 5.74) is 3.78. The second-order valence-electron chi connectivity index (χ2n) is 6.09. The maximum absolute atomic E-state index is 5.41. The van der Waals surface area contributed by atoms with Crippen LogP contribution in [0.25, 0.3) is 0 Å². The van der Waals surface area contributed by atoms with Gasteiger partial charge < -0.3 is 0 Å². The van der Waals surface area contributed by atoms with E-state index in [1.807, 2.05) is 0 Å². The summed E-state index contributed by atoms with van der Waals surface area (Å²) in [6.45, 7) is 12.3. The zero-order valence-electron chi connectivity index (χ0n) is 13.4. The minimum absolute atomic E-state index is 0.472. The van der Waals surface area contributed by atoms with Crippen LogP contribution in [0.4, 0.5) is 5.69 Å². The summed E-state index contributed by atoms with van der Waals surface area (Å²) in [5, 5.41) is 0. The fourth-order valence-corrected chi connectivity index (χ4v) is 3.14. The van der Waals surface area contributed by atoms with Crippen LogP contribution in [0.2, 0.25) is 0 Å². The predicted molar refractivity (Wildman–Crippen MR) is 89.9 cm³/mol. The molecule has 0 bridgehead atoms. The first-order valence-electron chi connectivity index (χ1n) is 7.72. The maximum atomic E-state index is 5.41. The van der Waals surface area contributed by atoms with E-state index in [1.165, 1.54) is 11.1 Å². The van der Waals surface area contributed by atoms with E-state index in [4.69, 9.17) is 9.73 Å². The normalized spacial score (nSPS) is 16.9. The standard InChI is InChI=1S/C17H25N2OSe/c1-12(2)14-6-5-7-15(13(3)4)16(14)18-17(21)19-8-10-20-11-9-19/h5-7,12-13H,8-11H2,1-4H3. The van der Waals surface area contributed by atoms with Crippen LogP contribution in [0.1, 0.15) is 50.7 Å². The van der Waals surface area contributed by atoms with E-state index in [0.29, 0.717) is 11.8 Å². The van der Waals surface area contributed by atoms with Gasteiger partial charge in [-0.1, -0.05) is 0 Å². The molecule has 0 spiro atoms. The molecule has 1 aromatic carbocycles. The Kier molecular flexibility index (Phi) is 5.86. The van der Waals surface area contributed by atoms with Gasteiger partial charge in [0.25, 0.3) is 0 Å². The predicted octanol–water partition coefficient (Wildman–Crippen LogP) is 3.42. The average Bonchev–Trinajstić information content (AvgIpc) is 2.47. The Bertz CT molecular complexity index is 479. The van der Waals surface area contributed by atoms with Crippen molar-refractivity contribution >= 4 is 26.4 Å². The van der Waals surface area contributed by atoms with E-state index in [1.54, 1.807) is 0 Å². The molecule has 1 radical (unpaired) electrons. The quantitative estimate of drug-likeness (QED) is 0.473. The van der Waals surface area contributed by atoms with Gasteiger partial charge in [-0.25, -0.2) is 0 Å². The molecule has 0 unspecified atom stereocenters. The summed E-state index contributed by atoms with van der Waals surface area (Å²) in [5.74, 6) is 0.944. The van der Waals surface area contributed by atoms with Gasteiger partial charge in [-0.05, 0) is 0 Å². The number of amidine groups is 1. The fourth-order valence-electron chi connectivity index (χ4n) is 2.56. The zero-order valence-corrected chi connectivity index (χ0v) is 15.1. The first-order valence-corrected chi connectivity index (χ1v) is 8.57. The van der Waals surface area contributed by atoms with Crippen molar-refractivity contribution in [2.75, 3.05) is 26.3 Å². The molecule has 1 fully saturated rings. The zero-order chi connectivity index (χ0) is 15.4. The van der Waals surface area contributed by atoms with Crippen LogP contribution >= 0.6 is 0 Å². The van der Waals surface area contributed by atoms with Crippen LogP contribution < -0.4 is 0 Å². The van der Waals surface area contributed by atoms with Gasteiger partial charge in [0.2, 0.25) is 0 Å². The van der Waals surface area contributed by atoms with Gasteiger partial charge >= 0.3 is 136 Å². The van der Waals surface area contributed by atoms with Gasteiger partial charge in [-0.3, -0.25) is 0 Å². The van der Waals surface area contributed by atoms with E-state index in [-0.39, 0.29) is 0 Å². The molecule has 1 aliphatic heterocycles. The second kappa shape index (κ2) is 7.44. The first-order chi connectivity index (χ1) is 10.0. The molecule has 1 aliphatic rings. The molecule has 3 nitrogen and oxygen atoms in total. The van der Waals surface area contributed by atoms with Crippen molar-refractivity contribution in [2.24, 2.45) is 4.99 Å². The molecule has 1 saturated heterocycles. The Morgan fingerprint density at radius 1 is 1.10 bits per heavy atom. The van der Waals surface area contributed by atoms with Crippen molar-refractivity contribution in [1.29, 1.82) is 0 Å². The molecular formula is C17H25N2OSe. The van der Waals surface area contributed by atoms with Gasteiger partial charge in [-0.15, -0.1) is 0 Å². The Labute approximate surface area is 136 Å². The van der Waals surface area contributed by atoms with Crippen molar-refractivity contribution in [3.8, 4) is 0 Å². The van der Waals surface area contributed by atoms with Gasteiger partial charge in [0, 0.05) is 0 Å². The molecule has 0 aliphatic carbocycles. The third-order valence-corrected chi connectivity index (χ3v) is 4.56. The van der Waals surface area contributed by atoms with E-state index in [2.05, 4.69) is 66.8 Å². The average molecular weight is 352 g/mol. The number of para-hydroxylation sites is 1. The van der Waals surface area contributed by atoms with Crippen molar-refractivity contribution < 1.29 is 4.74 Å². The monoisotopic (exact) mass is 353 g/mol. The van der Waals surface area contributed by atoms with E-state index in [9.17, 15) is 0 Å². The third kappa shape index (κ3) is 4.09. The minimum atomic E-state index is 0.472. The van der Waals surface area contributed by atoms with Crippen LogP contribution in [0.3, 0.4) is 0 Å². The van der Waals surface area contributed by atoms with Crippen molar-refractivity contribution in [1.82, 2.24) is 4.90 Å². The number of nitrogens with zero attached hydrogens (tertiary/aromatic N) is 2. The number of hydrogen-bond donors (Lipinski definition) is 0. The molecule has 115 valence electrons. The molecule has 0 saturated carbocycles. The molecule has 0 aromatic heterocycles. The summed E-state index contributed by atoms with van der Waals surface area (Å²) in [4.78, 5) is 7.23. The van der Waals surface area contributed by atoms with E-state index in [0.717, 1.165) is 36.7 Å². The topological polar surface area (TPSA) is 24.8 Å². The Balaban J connectivity index is 2.40. The molecule has 21 heavy (non-hydrogen) atoms. The number of benzene rings is 1. The van der Waals surface area contributed by atoms with Crippen molar-refractivity contribution in [2.45, 2.75) is 39.5 Å². The summed E-state index contributed by atoms with van der Waals surface area (Å²) < 4.78 is 6.39. The summed E-state index contributed by atoms with van der Waals surface area (Å²) in [7, 11) is 0. The molecule has 4 heteroatoms. The molecule has 1 aromatic rings. The number of morpholine rings is 1. The Morgan fingerprint density at radius 3 is 2.10 bits per heavy atom. The van der Waals surface area contributed by atoms with Crippen LogP contribution in [0.15, 0.2) is 23.2 Å². The Hall–Kier alpha value is -0.831. The van der Waals surface area contributed by atoms with Crippen LogP contribution in [-0.4, -0.2) is 51.9 Å². The molecule has 1 heterocycles. The molecule has 0 N–H and O–H groups in total. The van der Waals surface area contributed by atoms with Crippen LogP contribution in [0.5, 0.6) is 0 Å². The summed E-state index contributed by atoms with van der Waals surface area (Å²) in [6.07, 6.45) is 0. The fraction of sp³-hybridized carbons (Fsp3) is 0.588. The second-order valence-corrected chi connectivity index (χ2v) is 6.85. The van der Waals surface area contributed by atoms with Crippen molar-refractivity contribution in [3.05, 3.63) is 29.3 Å². The number of ether oxygens (including phenoxy) is 1. The van der Waals surface area contributed by atoms with E-state index >= 15 is 0 Å². The molecule has 2 rings (SSSR count). The van der Waals surface area contributed by atoms with Gasteiger partial charge in [-0.2, -0.15) is 0 Å². The van der Waals surface area contributed by atoms with Gasteiger partial charge in [0.1, 0.15) is 0 Å². The Morgan fingerprint density at radius 2 is 1.62 bits per heavy atom. The van der Waals surface area contributed by atoms with E-state index < -0.39 is 0 Å². The number of aliphatic imine (C=N–C) groups is 1. The van der Waals surface area contributed by atoms with Gasteiger partial charge in [0.05, 0.1) is 0 Å². The first kappa shape index (κ1) is 16.5.